The predicted molar refractivity (Wildman–Crippen MR) is 40.5 cm³/mol. The summed E-state index contributed by atoms with van der Waals surface area (Å²) in [5, 5.41) is 0. The number of carbonyl (C=O) groups excluding carboxylic acids is 1. The molecule has 3 heteroatoms. The quantitative estimate of drug-likeness (QED) is 0.508. The highest BCUT2D eigenvalue weighted by molar-refractivity contribution is 6.16. The van der Waals surface area contributed by atoms with Crippen LogP contribution in [0.3, 0.4) is 0 Å². The first kappa shape index (κ1) is 6.34. The van der Waals surface area contributed by atoms with Crippen LogP contribution in [0, 0.1) is 0 Å². The molecule has 1 heterocycles. The second-order valence-electron chi connectivity index (χ2n) is 2.45. The van der Waals surface area contributed by atoms with Crippen LogP contribution in [0.2, 0.25) is 0 Å². The molecule has 0 N–H and O–H groups in total. The van der Waals surface area contributed by atoms with Crippen LogP contribution in [0.1, 0.15) is 0 Å². The molecule has 1 unspecified atom stereocenters. The van der Waals surface area contributed by atoms with Crippen LogP contribution in [0.4, 0.5) is 0 Å². The van der Waals surface area contributed by atoms with Crippen LogP contribution >= 0.6 is 0 Å². The van der Waals surface area contributed by atoms with Gasteiger partial charge in [0.2, 0.25) is 0 Å². The van der Waals surface area contributed by atoms with Gasteiger partial charge in [-0.1, -0.05) is 6.08 Å². The molecule has 0 fully saturated rings. The van der Waals surface area contributed by atoms with Gasteiger partial charge < -0.3 is 4.74 Å². The van der Waals surface area contributed by atoms with Crippen molar-refractivity contribution in [3.63, 3.8) is 0 Å². The van der Waals surface area contributed by atoms with E-state index in [2.05, 4.69) is 9.73 Å². The van der Waals surface area contributed by atoms with Gasteiger partial charge in [-0.2, -0.15) is 0 Å². The van der Waals surface area contributed by atoms with E-state index in [4.69, 9.17) is 0 Å². The van der Waals surface area contributed by atoms with Crippen molar-refractivity contribution >= 4 is 11.7 Å². The zero-order chi connectivity index (χ0) is 7.84. The normalized spacial score (nSPS) is 25.0. The summed E-state index contributed by atoms with van der Waals surface area (Å²) in [4.78, 5) is 15.0. The molecule has 11 heavy (non-hydrogen) atoms. The monoisotopic (exact) mass is 149 g/mol. The van der Waals surface area contributed by atoms with E-state index < -0.39 is 0 Å². The van der Waals surface area contributed by atoms with Crippen LogP contribution in [0.15, 0.2) is 28.8 Å². The van der Waals surface area contributed by atoms with Crippen molar-refractivity contribution in [1.82, 2.24) is 0 Å². The first-order valence-electron chi connectivity index (χ1n) is 3.37. The summed E-state index contributed by atoms with van der Waals surface area (Å²) in [5.74, 6) is -0.297. The Labute approximate surface area is 64.1 Å². The maximum atomic E-state index is 10.9. The van der Waals surface area contributed by atoms with Gasteiger partial charge >= 0.3 is 5.97 Å². The van der Waals surface area contributed by atoms with E-state index in [0.717, 1.165) is 5.71 Å². The molecule has 1 aliphatic carbocycles. The molecule has 0 aromatic rings. The zero-order valence-corrected chi connectivity index (χ0v) is 6.07. The molecule has 0 radical (unpaired) electrons. The molecule has 0 saturated heterocycles. The summed E-state index contributed by atoms with van der Waals surface area (Å²) < 4.78 is 4.54. The molecule has 1 atom stereocenters. The van der Waals surface area contributed by atoms with Gasteiger partial charge in [0.15, 0.2) is 0 Å². The third-order valence-corrected chi connectivity index (χ3v) is 1.71. The van der Waals surface area contributed by atoms with Crippen molar-refractivity contribution in [2.45, 2.75) is 6.04 Å². The summed E-state index contributed by atoms with van der Waals surface area (Å²) in [6.07, 6.45) is 5.40. The van der Waals surface area contributed by atoms with E-state index in [1.807, 2.05) is 6.08 Å². The molecular weight excluding hydrogens is 142 g/mol. The zero-order valence-electron chi connectivity index (χ0n) is 6.07. The van der Waals surface area contributed by atoms with Crippen molar-refractivity contribution < 1.29 is 9.53 Å². The maximum absolute atomic E-state index is 10.9. The number of nitrogens with zero attached hydrogens (tertiary/aromatic N) is 1. The van der Waals surface area contributed by atoms with Crippen molar-refractivity contribution in [2.24, 2.45) is 4.99 Å². The van der Waals surface area contributed by atoms with Gasteiger partial charge in [-0.15, -0.1) is 0 Å². The lowest BCUT2D eigenvalue weighted by molar-refractivity contribution is -0.135. The molecule has 0 aromatic heterocycles. The number of esters is 1. The highest BCUT2D eigenvalue weighted by atomic mass is 16.5. The Balaban J connectivity index is 2.20. The van der Waals surface area contributed by atoms with Gasteiger partial charge in [0, 0.05) is 0 Å². The Morgan fingerprint density at radius 2 is 2.55 bits per heavy atom. The summed E-state index contributed by atoms with van der Waals surface area (Å²) >= 11 is 0. The fourth-order valence-corrected chi connectivity index (χ4v) is 1.03. The predicted octanol–water partition coefficient (Wildman–Crippen LogP) is 0.479. The molecule has 1 aliphatic heterocycles. The van der Waals surface area contributed by atoms with Crippen molar-refractivity contribution in [3.05, 3.63) is 23.8 Å². The lowest BCUT2D eigenvalue weighted by Gasteiger charge is -2.00. The van der Waals surface area contributed by atoms with E-state index in [1.165, 1.54) is 7.11 Å². The van der Waals surface area contributed by atoms with Crippen LogP contribution in [-0.2, 0) is 9.53 Å². The average molecular weight is 149 g/mol. The van der Waals surface area contributed by atoms with Gasteiger partial charge in [-0.05, 0) is 12.2 Å². The number of rotatable bonds is 1. The fraction of sp³-hybridized carbons (Fsp3) is 0.250. The summed E-state index contributed by atoms with van der Waals surface area (Å²) in [5.41, 5.74) is 1.56. The van der Waals surface area contributed by atoms with Crippen molar-refractivity contribution in [2.75, 3.05) is 7.11 Å². The Morgan fingerprint density at radius 3 is 3.18 bits per heavy atom. The lowest BCUT2D eigenvalue weighted by atomic mass is 10.1. The highest BCUT2D eigenvalue weighted by Gasteiger charge is 2.27. The van der Waals surface area contributed by atoms with Gasteiger partial charge in [0.1, 0.15) is 6.04 Å². The van der Waals surface area contributed by atoms with E-state index in [1.54, 1.807) is 12.2 Å². The molecule has 2 rings (SSSR count). The SMILES string of the molecule is COC(=O)C1=CC2=NC2C=C1. The molecule has 2 aliphatic rings. The molecule has 3 nitrogen and oxygen atoms in total. The van der Waals surface area contributed by atoms with Crippen LogP contribution < -0.4 is 0 Å². The Morgan fingerprint density at radius 1 is 1.73 bits per heavy atom. The number of methoxy groups -OCH3 is 1. The number of hydrogen-bond acceptors (Lipinski definition) is 3. The van der Waals surface area contributed by atoms with Gasteiger partial charge in [0.25, 0.3) is 0 Å². The summed E-state index contributed by atoms with van der Waals surface area (Å²) in [6.45, 7) is 0. The molecule has 56 valence electrons. The third kappa shape index (κ3) is 0.981. The minimum Gasteiger partial charge on any atom is -0.465 e. The smallest absolute Gasteiger partial charge is 0.337 e. The van der Waals surface area contributed by atoms with Crippen molar-refractivity contribution in [1.29, 1.82) is 0 Å². The Bertz CT molecular complexity index is 299. The molecule has 0 aromatic carbocycles. The lowest BCUT2D eigenvalue weighted by Crippen LogP contribution is -2.07. The standard InChI is InChI=1S/C8H7NO2/c1-11-8(10)5-2-3-6-7(4-5)9-6/h2-4,6H,1H3. The fourth-order valence-electron chi connectivity index (χ4n) is 1.03. The van der Waals surface area contributed by atoms with Crippen molar-refractivity contribution in [3.8, 4) is 0 Å². The van der Waals surface area contributed by atoms with Crippen LogP contribution in [0.25, 0.3) is 0 Å². The Kier molecular flexibility index (Phi) is 1.18. The summed E-state index contributed by atoms with van der Waals surface area (Å²) in [7, 11) is 1.37. The Hall–Kier alpha value is -1.38. The molecule has 0 amide bonds. The molecular formula is C8H7NO2. The first-order valence-corrected chi connectivity index (χ1v) is 3.37. The second-order valence-corrected chi connectivity index (χ2v) is 2.45. The molecule has 0 saturated carbocycles. The molecule has 0 bridgehead atoms. The second kappa shape index (κ2) is 2.05. The highest BCUT2D eigenvalue weighted by Crippen LogP contribution is 2.22. The minimum atomic E-state index is -0.297. The third-order valence-electron chi connectivity index (χ3n) is 1.71. The van der Waals surface area contributed by atoms with E-state index in [9.17, 15) is 4.79 Å². The van der Waals surface area contributed by atoms with Gasteiger partial charge in [0.05, 0.1) is 18.4 Å². The van der Waals surface area contributed by atoms with Crippen LogP contribution in [-0.4, -0.2) is 24.8 Å². The first-order chi connectivity index (χ1) is 5.31. The van der Waals surface area contributed by atoms with Gasteiger partial charge in [-0.25, -0.2) is 4.79 Å². The van der Waals surface area contributed by atoms with Gasteiger partial charge in [-0.3, -0.25) is 4.99 Å². The topological polar surface area (TPSA) is 38.7 Å². The van der Waals surface area contributed by atoms with E-state index in [-0.39, 0.29) is 12.0 Å². The number of carbonyl (C=O) groups is 1. The number of ether oxygens (including phenoxy) is 1. The largest absolute Gasteiger partial charge is 0.465 e. The summed E-state index contributed by atoms with van der Waals surface area (Å²) in [6, 6.07) is 0.253. The minimum absolute atomic E-state index is 0.253. The number of aliphatic imine (C=N–C) groups is 1. The number of fused-ring (bicyclic) bond motifs is 1. The average Bonchev–Trinajstić information content (AvgIpc) is 2.80. The number of hydrogen-bond donors (Lipinski definition) is 0. The van der Waals surface area contributed by atoms with E-state index in [0.29, 0.717) is 5.57 Å². The van der Waals surface area contributed by atoms with E-state index >= 15 is 0 Å². The maximum Gasteiger partial charge on any atom is 0.337 e. The molecule has 0 spiro atoms. The van der Waals surface area contributed by atoms with Crippen LogP contribution in [0.5, 0.6) is 0 Å².